The lowest BCUT2D eigenvalue weighted by Gasteiger charge is -2.18. The molecule has 1 atom stereocenters. The molecule has 0 aromatic heterocycles. The van der Waals surface area contributed by atoms with Crippen molar-refractivity contribution in [3.8, 4) is 0 Å². The van der Waals surface area contributed by atoms with Gasteiger partial charge in [-0.05, 0) is 23.6 Å². The van der Waals surface area contributed by atoms with E-state index in [4.69, 9.17) is 5.11 Å². The number of carboxylic acids is 1. The Balaban J connectivity index is 2.69. The maximum Gasteiger partial charge on any atom is 0.320 e. The molecule has 94 valence electrons. The molecule has 0 saturated carbocycles. The maximum atomic E-state index is 12.9. The average Bonchev–Trinajstić information content (AvgIpc) is 2.20. The number of carboxylic acid groups (broad SMARTS) is 1. The fourth-order valence-corrected chi connectivity index (χ4v) is 1.98. The van der Waals surface area contributed by atoms with E-state index in [1.165, 1.54) is 12.1 Å². The molecule has 1 aromatic rings. The zero-order chi connectivity index (χ0) is 13.0. The van der Waals surface area contributed by atoms with E-state index in [2.05, 4.69) is 21.2 Å². The third kappa shape index (κ3) is 4.09. The minimum absolute atomic E-state index is 0.00766. The van der Waals surface area contributed by atoms with Crippen LogP contribution in [0.3, 0.4) is 0 Å². The van der Waals surface area contributed by atoms with Crippen molar-refractivity contribution in [2.24, 2.45) is 5.92 Å². The second-order valence-electron chi connectivity index (χ2n) is 4.18. The predicted molar refractivity (Wildman–Crippen MR) is 67.2 cm³/mol. The molecule has 0 aliphatic heterocycles. The summed E-state index contributed by atoms with van der Waals surface area (Å²) < 4.78 is 13.5. The Morgan fingerprint density at radius 3 is 2.65 bits per heavy atom. The molecule has 0 aliphatic carbocycles. The fraction of sp³-hybridized carbons (Fsp3) is 0.417. The molecule has 0 fully saturated rings. The summed E-state index contributed by atoms with van der Waals surface area (Å²) in [6, 6.07) is 3.74. The molecule has 0 bridgehead atoms. The van der Waals surface area contributed by atoms with Crippen LogP contribution in [0.2, 0.25) is 0 Å². The highest BCUT2D eigenvalue weighted by atomic mass is 79.9. The summed E-state index contributed by atoms with van der Waals surface area (Å²) in [5.74, 6) is -1.20. The molecule has 0 amide bonds. The van der Waals surface area contributed by atoms with Crippen LogP contribution in [0, 0.1) is 11.7 Å². The second-order valence-corrected chi connectivity index (χ2v) is 5.03. The maximum absolute atomic E-state index is 12.9. The Bertz CT molecular complexity index is 409. The Labute approximate surface area is 108 Å². The van der Waals surface area contributed by atoms with Crippen molar-refractivity contribution in [2.75, 3.05) is 0 Å². The molecule has 0 spiro atoms. The Morgan fingerprint density at radius 2 is 2.18 bits per heavy atom. The van der Waals surface area contributed by atoms with Crippen LogP contribution in [0.1, 0.15) is 19.4 Å². The highest BCUT2D eigenvalue weighted by Gasteiger charge is 2.20. The van der Waals surface area contributed by atoms with Gasteiger partial charge in [0.1, 0.15) is 11.9 Å². The second kappa shape index (κ2) is 6.12. The lowest BCUT2D eigenvalue weighted by Crippen LogP contribution is -2.40. The van der Waals surface area contributed by atoms with E-state index in [1.54, 1.807) is 6.07 Å². The molecular weight excluding hydrogens is 289 g/mol. The summed E-state index contributed by atoms with van der Waals surface area (Å²) in [4.78, 5) is 11.0. The number of nitrogens with one attached hydrogen (secondary N) is 1. The molecular formula is C12H15BrFNO2. The zero-order valence-corrected chi connectivity index (χ0v) is 11.3. The van der Waals surface area contributed by atoms with Crippen molar-refractivity contribution in [1.82, 2.24) is 5.32 Å². The van der Waals surface area contributed by atoms with Gasteiger partial charge < -0.3 is 10.4 Å². The molecule has 0 saturated heterocycles. The number of aliphatic carboxylic acids is 1. The zero-order valence-electron chi connectivity index (χ0n) is 9.71. The first-order valence-corrected chi connectivity index (χ1v) is 6.11. The van der Waals surface area contributed by atoms with Gasteiger partial charge in [-0.15, -0.1) is 0 Å². The van der Waals surface area contributed by atoms with E-state index in [-0.39, 0.29) is 11.7 Å². The van der Waals surface area contributed by atoms with Crippen LogP contribution in [0.5, 0.6) is 0 Å². The summed E-state index contributed by atoms with van der Waals surface area (Å²) >= 11 is 3.24. The quantitative estimate of drug-likeness (QED) is 0.879. The number of rotatable bonds is 5. The van der Waals surface area contributed by atoms with Gasteiger partial charge in [-0.2, -0.15) is 0 Å². The van der Waals surface area contributed by atoms with Gasteiger partial charge in [-0.1, -0.05) is 35.8 Å². The lowest BCUT2D eigenvalue weighted by atomic mass is 10.0. The molecule has 5 heteroatoms. The van der Waals surface area contributed by atoms with Crippen LogP contribution >= 0.6 is 15.9 Å². The van der Waals surface area contributed by atoms with Gasteiger partial charge in [0.25, 0.3) is 0 Å². The number of benzene rings is 1. The predicted octanol–water partition coefficient (Wildman–Crippen LogP) is 2.79. The first kappa shape index (κ1) is 14.1. The Hall–Kier alpha value is -0.940. The minimum Gasteiger partial charge on any atom is -0.480 e. The van der Waals surface area contributed by atoms with Crippen molar-refractivity contribution in [2.45, 2.75) is 26.4 Å². The summed E-state index contributed by atoms with van der Waals surface area (Å²) in [5, 5.41) is 11.9. The first-order chi connectivity index (χ1) is 7.91. The summed E-state index contributed by atoms with van der Waals surface area (Å²) in [6.07, 6.45) is 0. The van der Waals surface area contributed by atoms with Crippen LogP contribution < -0.4 is 5.32 Å². The van der Waals surface area contributed by atoms with Crippen molar-refractivity contribution in [3.63, 3.8) is 0 Å². The standard InChI is InChI=1S/C12H15BrFNO2/c1-7(2)11(12(16)17)15-6-8-3-4-9(14)5-10(8)13/h3-5,7,11,15H,6H2,1-2H3,(H,16,17). The third-order valence-electron chi connectivity index (χ3n) is 2.46. The molecule has 1 rings (SSSR count). The molecule has 1 unspecified atom stereocenters. The summed E-state index contributed by atoms with van der Waals surface area (Å²) in [6.45, 7) is 4.06. The normalized spacial score (nSPS) is 12.8. The van der Waals surface area contributed by atoms with Crippen LogP contribution in [0.4, 0.5) is 4.39 Å². The fourth-order valence-electron chi connectivity index (χ4n) is 1.49. The first-order valence-electron chi connectivity index (χ1n) is 5.32. The molecule has 0 aliphatic rings. The molecule has 0 radical (unpaired) electrons. The van der Waals surface area contributed by atoms with Gasteiger partial charge >= 0.3 is 5.97 Å². The van der Waals surface area contributed by atoms with Crippen molar-refractivity contribution in [3.05, 3.63) is 34.1 Å². The smallest absolute Gasteiger partial charge is 0.320 e. The topological polar surface area (TPSA) is 49.3 Å². The van der Waals surface area contributed by atoms with Gasteiger partial charge in [-0.25, -0.2) is 4.39 Å². The number of halogens is 2. The van der Waals surface area contributed by atoms with E-state index >= 15 is 0 Å². The van der Waals surface area contributed by atoms with Gasteiger partial charge in [0.2, 0.25) is 0 Å². The highest BCUT2D eigenvalue weighted by Crippen LogP contribution is 2.18. The number of hydrogen-bond donors (Lipinski definition) is 2. The third-order valence-corrected chi connectivity index (χ3v) is 3.20. The number of hydrogen-bond acceptors (Lipinski definition) is 2. The van der Waals surface area contributed by atoms with E-state index in [0.29, 0.717) is 11.0 Å². The van der Waals surface area contributed by atoms with Crippen molar-refractivity contribution >= 4 is 21.9 Å². The number of carbonyl (C=O) groups is 1. The Kier molecular flexibility index (Phi) is 5.08. The Morgan fingerprint density at radius 1 is 1.53 bits per heavy atom. The van der Waals surface area contributed by atoms with Crippen molar-refractivity contribution in [1.29, 1.82) is 0 Å². The van der Waals surface area contributed by atoms with E-state index in [9.17, 15) is 9.18 Å². The van der Waals surface area contributed by atoms with Gasteiger partial charge in [0.15, 0.2) is 0 Å². The van der Waals surface area contributed by atoms with Gasteiger partial charge in [0.05, 0.1) is 0 Å². The van der Waals surface area contributed by atoms with E-state index in [1.807, 2.05) is 13.8 Å². The average molecular weight is 304 g/mol. The lowest BCUT2D eigenvalue weighted by molar-refractivity contribution is -0.140. The SMILES string of the molecule is CC(C)C(NCc1ccc(F)cc1Br)C(=O)O. The van der Waals surface area contributed by atoms with Crippen molar-refractivity contribution < 1.29 is 14.3 Å². The van der Waals surface area contributed by atoms with Crippen LogP contribution in [-0.4, -0.2) is 17.1 Å². The van der Waals surface area contributed by atoms with Gasteiger partial charge in [-0.3, -0.25) is 4.79 Å². The minimum atomic E-state index is -0.877. The van der Waals surface area contributed by atoms with Crippen LogP contribution in [0.25, 0.3) is 0 Å². The molecule has 2 N–H and O–H groups in total. The van der Waals surface area contributed by atoms with E-state index in [0.717, 1.165) is 5.56 Å². The molecule has 17 heavy (non-hydrogen) atoms. The summed E-state index contributed by atoms with van der Waals surface area (Å²) in [5.41, 5.74) is 0.832. The largest absolute Gasteiger partial charge is 0.480 e. The molecule has 3 nitrogen and oxygen atoms in total. The highest BCUT2D eigenvalue weighted by molar-refractivity contribution is 9.10. The monoisotopic (exact) mass is 303 g/mol. The van der Waals surface area contributed by atoms with Crippen LogP contribution in [-0.2, 0) is 11.3 Å². The molecule has 0 heterocycles. The summed E-state index contributed by atoms with van der Waals surface area (Å²) in [7, 11) is 0. The van der Waals surface area contributed by atoms with E-state index < -0.39 is 12.0 Å². The molecule has 1 aromatic carbocycles. The van der Waals surface area contributed by atoms with Crippen LogP contribution in [0.15, 0.2) is 22.7 Å². The van der Waals surface area contributed by atoms with Gasteiger partial charge in [0, 0.05) is 11.0 Å².